The Hall–Kier alpha value is -1.30. The maximum atomic E-state index is 11.8. The molecule has 0 bridgehead atoms. The summed E-state index contributed by atoms with van der Waals surface area (Å²) in [6.07, 6.45) is -1.68. The molecule has 7 heteroatoms. The van der Waals surface area contributed by atoms with Crippen molar-refractivity contribution in [3.05, 3.63) is 30.1 Å². The van der Waals surface area contributed by atoms with Crippen molar-refractivity contribution in [3.63, 3.8) is 0 Å². The van der Waals surface area contributed by atoms with Crippen molar-refractivity contribution in [1.82, 2.24) is 4.98 Å². The van der Waals surface area contributed by atoms with Crippen molar-refractivity contribution in [2.75, 3.05) is 0 Å². The Morgan fingerprint density at radius 1 is 1.53 bits per heavy atom. The first kappa shape index (κ1) is 11.8. The van der Waals surface area contributed by atoms with E-state index >= 15 is 0 Å². The lowest BCUT2D eigenvalue weighted by Crippen LogP contribution is -2.17. The van der Waals surface area contributed by atoms with Crippen molar-refractivity contribution in [1.29, 1.82) is 0 Å². The van der Waals surface area contributed by atoms with E-state index < -0.39 is 11.3 Å². The van der Waals surface area contributed by atoms with E-state index in [9.17, 15) is 13.2 Å². The fourth-order valence-electron chi connectivity index (χ4n) is 0.699. The van der Waals surface area contributed by atoms with E-state index in [2.05, 4.69) is 15.0 Å². The van der Waals surface area contributed by atoms with Gasteiger partial charge in [-0.05, 0) is 6.07 Å². The van der Waals surface area contributed by atoms with Gasteiger partial charge in [0, 0.05) is 18.0 Å². The van der Waals surface area contributed by atoms with Crippen LogP contribution < -0.4 is 0 Å². The van der Waals surface area contributed by atoms with Crippen LogP contribution in [0.3, 0.4) is 0 Å². The van der Waals surface area contributed by atoms with Gasteiger partial charge in [-0.3, -0.25) is 4.98 Å². The second-order valence-electron chi connectivity index (χ2n) is 2.51. The molecule has 82 valence electrons. The zero-order chi connectivity index (χ0) is 11.3. The summed E-state index contributed by atoms with van der Waals surface area (Å²) < 4.78 is 35.5. The number of halogens is 4. The summed E-state index contributed by atoms with van der Waals surface area (Å²) in [5, 5.41) is 1.18. The first-order valence-corrected chi connectivity index (χ1v) is 4.19. The molecule has 0 amide bonds. The van der Waals surface area contributed by atoms with Gasteiger partial charge in [0.15, 0.2) is 0 Å². The van der Waals surface area contributed by atoms with Crippen LogP contribution in [0.2, 0.25) is 0 Å². The summed E-state index contributed by atoms with van der Waals surface area (Å²) in [7, 11) is 0. The molecule has 0 saturated carbocycles. The van der Waals surface area contributed by atoms with Gasteiger partial charge in [-0.2, -0.15) is 13.2 Å². The Labute approximate surface area is 88.5 Å². The van der Waals surface area contributed by atoms with E-state index in [0.717, 1.165) is 0 Å². The first-order valence-electron chi connectivity index (χ1n) is 3.81. The van der Waals surface area contributed by atoms with Crippen LogP contribution in [0.15, 0.2) is 29.7 Å². The summed E-state index contributed by atoms with van der Waals surface area (Å²) in [6, 6.07) is 3.28. The van der Waals surface area contributed by atoms with Crippen molar-refractivity contribution in [2.45, 2.75) is 12.8 Å². The largest absolute Gasteiger partial charge is 0.447 e. The van der Waals surface area contributed by atoms with Gasteiger partial charge in [0.1, 0.15) is 6.61 Å². The molecule has 0 aromatic carbocycles. The molecule has 0 aliphatic heterocycles. The summed E-state index contributed by atoms with van der Waals surface area (Å²) in [4.78, 5) is 8.15. The smallest absolute Gasteiger partial charge is 0.390 e. The Morgan fingerprint density at radius 3 is 2.80 bits per heavy atom. The number of nitrogens with zero attached hydrogens (tertiary/aromatic N) is 2. The molecule has 1 heterocycles. The van der Waals surface area contributed by atoms with E-state index in [1.807, 2.05) is 0 Å². The van der Waals surface area contributed by atoms with Gasteiger partial charge >= 0.3 is 6.18 Å². The summed E-state index contributed by atoms with van der Waals surface area (Å²) in [6.45, 7) is -0.111. The Balaban J connectivity index is 2.46. The first-order chi connectivity index (χ1) is 7.00. The highest BCUT2D eigenvalue weighted by Crippen LogP contribution is 2.19. The van der Waals surface area contributed by atoms with Crippen LogP contribution in [0.1, 0.15) is 5.56 Å². The molecule has 0 aliphatic carbocycles. The van der Waals surface area contributed by atoms with Crippen LogP contribution in [-0.2, 0) is 11.4 Å². The van der Waals surface area contributed by atoms with Crippen molar-refractivity contribution < 1.29 is 18.0 Å². The molecule has 0 unspecified atom stereocenters. The van der Waals surface area contributed by atoms with Gasteiger partial charge in [-0.1, -0.05) is 22.8 Å². The summed E-state index contributed by atoms with van der Waals surface area (Å²) in [5.41, 5.74) is 0.605. The third kappa shape index (κ3) is 4.16. The third-order valence-electron chi connectivity index (χ3n) is 1.33. The fraction of sp³-hybridized carbons (Fsp3) is 0.250. The molecule has 0 aliphatic rings. The number of rotatable bonds is 3. The minimum Gasteiger partial charge on any atom is -0.390 e. The van der Waals surface area contributed by atoms with E-state index in [4.69, 9.17) is 11.6 Å². The molecular weight excluding hydrogens is 233 g/mol. The lowest BCUT2D eigenvalue weighted by atomic mass is 10.3. The Bertz CT molecular complexity index is 339. The molecular formula is C8H6ClF3N2O. The van der Waals surface area contributed by atoms with Crippen LogP contribution in [0.25, 0.3) is 0 Å². The zero-order valence-electron chi connectivity index (χ0n) is 7.33. The van der Waals surface area contributed by atoms with Crippen molar-refractivity contribution in [2.24, 2.45) is 5.16 Å². The average molecular weight is 239 g/mol. The Kier molecular flexibility index (Phi) is 3.90. The molecule has 1 aromatic heterocycles. The normalized spacial score (nSPS) is 12.7. The topological polar surface area (TPSA) is 34.5 Å². The number of oxime groups is 1. The predicted molar refractivity (Wildman–Crippen MR) is 48.4 cm³/mol. The molecule has 0 atom stereocenters. The highest BCUT2D eigenvalue weighted by molar-refractivity contribution is 6.66. The van der Waals surface area contributed by atoms with Gasteiger partial charge < -0.3 is 4.84 Å². The number of pyridine rings is 1. The van der Waals surface area contributed by atoms with Crippen molar-refractivity contribution in [3.8, 4) is 0 Å². The second-order valence-corrected chi connectivity index (χ2v) is 2.87. The molecule has 15 heavy (non-hydrogen) atoms. The van der Waals surface area contributed by atoms with Crippen LogP contribution in [-0.4, -0.2) is 16.3 Å². The minimum atomic E-state index is -4.67. The van der Waals surface area contributed by atoms with E-state index in [1.54, 1.807) is 12.1 Å². The minimum absolute atomic E-state index is 0.111. The number of hydrogen-bond donors (Lipinski definition) is 0. The molecule has 0 radical (unpaired) electrons. The quantitative estimate of drug-likeness (QED) is 0.599. The van der Waals surface area contributed by atoms with Gasteiger partial charge in [0.2, 0.25) is 5.17 Å². The van der Waals surface area contributed by atoms with Crippen LogP contribution in [0.4, 0.5) is 13.2 Å². The van der Waals surface area contributed by atoms with Crippen LogP contribution in [0.5, 0.6) is 0 Å². The van der Waals surface area contributed by atoms with Gasteiger partial charge in [0.05, 0.1) is 0 Å². The number of hydrogen-bond acceptors (Lipinski definition) is 3. The maximum Gasteiger partial charge on any atom is 0.447 e. The second kappa shape index (κ2) is 4.97. The van der Waals surface area contributed by atoms with Gasteiger partial charge in [0.25, 0.3) is 0 Å². The monoisotopic (exact) mass is 238 g/mol. The molecule has 3 nitrogen and oxygen atoms in total. The Morgan fingerprint density at radius 2 is 2.27 bits per heavy atom. The van der Waals surface area contributed by atoms with Crippen LogP contribution in [0, 0.1) is 0 Å². The highest BCUT2D eigenvalue weighted by atomic mass is 35.5. The lowest BCUT2D eigenvalue weighted by molar-refractivity contribution is -0.0594. The molecule has 0 saturated heterocycles. The van der Waals surface area contributed by atoms with E-state index in [1.165, 1.54) is 12.4 Å². The average Bonchev–Trinajstić information content (AvgIpc) is 2.18. The zero-order valence-corrected chi connectivity index (χ0v) is 8.09. The molecule has 1 aromatic rings. The predicted octanol–water partition coefficient (Wildman–Crippen LogP) is 2.71. The van der Waals surface area contributed by atoms with Gasteiger partial charge in [-0.15, -0.1) is 0 Å². The summed E-state index contributed by atoms with van der Waals surface area (Å²) >= 11 is 4.81. The van der Waals surface area contributed by atoms with Crippen LogP contribution >= 0.6 is 11.6 Å². The highest BCUT2D eigenvalue weighted by Gasteiger charge is 2.35. The number of aromatic nitrogens is 1. The van der Waals surface area contributed by atoms with Crippen molar-refractivity contribution >= 4 is 16.8 Å². The lowest BCUT2D eigenvalue weighted by Gasteiger charge is -2.03. The third-order valence-corrected chi connectivity index (χ3v) is 1.62. The number of alkyl halides is 3. The van der Waals surface area contributed by atoms with E-state index in [-0.39, 0.29) is 6.61 Å². The molecule has 0 fully saturated rings. The summed E-state index contributed by atoms with van der Waals surface area (Å²) in [5.74, 6) is 0. The molecule has 0 N–H and O–H groups in total. The van der Waals surface area contributed by atoms with Gasteiger partial charge in [-0.25, -0.2) is 0 Å². The molecule has 0 spiro atoms. The molecule has 1 rings (SSSR count). The maximum absolute atomic E-state index is 11.8. The standard InChI is InChI=1S/C8H6ClF3N2O/c9-7(8(10,11)12)14-15-5-6-2-1-3-13-4-6/h1-4H,5H2. The SMILES string of the molecule is FC(F)(F)C(Cl)=NOCc1cccnc1. The fourth-order valence-corrected chi connectivity index (χ4v) is 0.748. The van der Waals surface area contributed by atoms with E-state index in [0.29, 0.717) is 5.56 Å².